The number of carbonyl (C=O) groups is 1. The number of hydrogen-bond donors (Lipinski definition) is 16. The summed E-state index contributed by atoms with van der Waals surface area (Å²) >= 11 is 0. The molecule has 0 bridgehead atoms. The molecule has 386 valence electrons. The summed E-state index contributed by atoms with van der Waals surface area (Å²) in [5.41, 5.74) is -0.724. The fourth-order valence-corrected chi connectivity index (χ4v) is 6.86. The smallest absolute Gasteiger partial charge is 0.394 e. The molecule has 2 aliphatic heterocycles. The van der Waals surface area contributed by atoms with Gasteiger partial charge in [-0.05, 0) is 62.5 Å². The first-order chi connectivity index (χ1) is 31.0. The van der Waals surface area contributed by atoms with E-state index < -0.39 is 135 Å². The highest BCUT2D eigenvalue weighted by atomic mass is 31.2. The average Bonchev–Trinajstić information content (AvgIpc) is 3.65. The van der Waals surface area contributed by atoms with Crippen molar-refractivity contribution in [2.45, 2.75) is 92.7 Å². The van der Waals surface area contributed by atoms with Crippen LogP contribution in [0.15, 0.2) is 42.5 Å². The van der Waals surface area contributed by atoms with E-state index >= 15 is 0 Å². The van der Waals surface area contributed by atoms with Crippen LogP contribution in [0.5, 0.6) is 0 Å². The predicted octanol–water partition coefficient (Wildman–Crippen LogP) is -2.43. The lowest BCUT2D eigenvalue weighted by Crippen LogP contribution is -2.53. The molecule has 2 saturated heterocycles. The van der Waals surface area contributed by atoms with Gasteiger partial charge in [-0.2, -0.15) is 36.5 Å². The maximum Gasteiger partial charge on any atom is 0.448 e. The summed E-state index contributed by atoms with van der Waals surface area (Å²) in [6, 6.07) is 4.05. The first-order valence-electron chi connectivity index (χ1n) is 20.0. The van der Waals surface area contributed by atoms with E-state index in [1.165, 1.54) is 19.1 Å². The molecular formula is C37H58F7N6O16P. The normalized spacial score (nSPS) is 22.4. The molecule has 2 fully saturated rings. The van der Waals surface area contributed by atoms with Crippen LogP contribution in [-0.4, -0.2) is 198 Å². The number of benzene rings is 2. The van der Waals surface area contributed by atoms with Crippen molar-refractivity contribution in [1.29, 1.82) is 0 Å². The topological polar surface area (TPSA) is 350 Å². The van der Waals surface area contributed by atoms with E-state index in [0.29, 0.717) is 17.7 Å². The van der Waals surface area contributed by atoms with Crippen LogP contribution in [0, 0.1) is 5.82 Å². The third-order valence-corrected chi connectivity index (χ3v) is 10.7. The molecule has 0 spiro atoms. The third-order valence-electron chi connectivity index (χ3n) is 9.86. The molecule has 0 radical (unpaired) electrons. The van der Waals surface area contributed by atoms with E-state index in [1.54, 1.807) is 19.0 Å². The maximum atomic E-state index is 13.7. The van der Waals surface area contributed by atoms with Crippen LogP contribution < -0.4 is 21.4 Å². The molecule has 1 unspecified atom stereocenters. The van der Waals surface area contributed by atoms with E-state index in [9.17, 15) is 60.1 Å². The van der Waals surface area contributed by atoms with E-state index in [-0.39, 0.29) is 43.6 Å². The summed E-state index contributed by atoms with van der Waals surface area (Å²) in [4.78, 5) is 32.3. The van der Waals surface area contributed by atoms with Gasteiger partial charge in [0.1, 0.15) is 48.6 Å². The summed E-state index contributed by atoms with van der Waals surface area (Å²) < 4.78 is 117. The largest absolute Gasteiger partial charge is 0.448 e. The fourth-order valence-electron chi connectivity index (χ4n) is 6.28. The zero-order chi connectivity index (χ0) is 51.2. The highest BCUT2D eigenvalue weighted by Crippen LogP contribution is 2.41. The highest BCUT2D eigenvalue weighted by molar-refractivity contribution is 7.49. The molecule has 2 aliphatic rings. The molecule has 2 aromatic rings. The first kappa shape index (κ1) is 59.9. The number of ether oxygens (including phenoxy) is 2. The number of aliphatic hydroxyl groups excluding tert-OH is 10. The molecule has 12 atom stereocenters. The van der Waals surface area contributed by atoms with Gasteiger partial charge in [0, 0.05) is 26.2 Å². The zero-order valence-electron chi connectivity index (χ0n) is 35.9. The van der Waals surface area contributed by atoms with Crippen molar-refractivity contribution in [2.75, 3.05) is 60.1 Å². The quantitative estimate of drug-likeness (QED) is 0.0514. The first-order valence-corrected chi connectivity index (χ1v) is 21.5. The van der Waals surface area contributed by atoms with Crippen LogP contribution >= 0.6 is 7.75 Å². The number of likely N-dealkylation sites (N-methyl/N-ethyl adjacent to an activating group) is 2. The Morgan fingerprint density at radius 3 is 1.63 bits per heavy atom. The number of alkyl halides is 6. The Morgan fingerprint density at radius 2 is 1.24 bits per heavy atom. The standard InChI is InChI=1S/C23H24F7N4O6P.2C7H17NO5/c1-12(14-8-15(22(25,26)27)10-16(9-14)23(28,29)30)40-20-19(13-2-4-17(24)5-3-13)33(6-7-39-20)11-18-31-21(35)34(32-18)41(36,37)38;2*1-8-2-4(10)6(12)7(13)5(11)3-9/h2-5,8-10,12,18-20,32H,6-7,11H2,1H3,(H,31,35)(H2,36,37,38);2*4-13H,2-3H2,1H3/t12-,18?,19+,20-;2*4-,5+,6+,7+/m100/s1. The van der Waals surface area contributed by atoms with Crippen molar-refractivity contribution >= 4 is 13.8 Å². The Morgan fingerprint density at radius 1 is 0.791 bits per heavy atom. The molecule has 0 saturated carbocycles. The molecule has 2 amide bonds. The van der Waals surface area contributed by atoms with Gasteiger partial charge >= 0.3 is 26.1 Å². The molecule has 2 aromatic carbocycles. The maximum absolute atomic E-state index is 13.7. The van der Waals surface area contributed by atoms with Gasteiger partial charge in [-0.15, -0.1) is 0 Å². The number of urea groups is 1. The van der Waals surface area contributed by atoms with E-state index in [0.717, 1.165) is 12.1 Å². The Balaban J connectivity index is 0.000000484. The molecule has 22 nitrogen and oxygen atoms in total. The van der Waals surface area contributed by atoms with Crippen LogP contribution in [0.3, 0.4) is 0 Å². The van der Waals surface area contributed by atoms with E-state index in [4.69, 9.17) is 50.3 Å². The van der Waals surface area contributed by atoms with Gasteiger partial charge in [-0.25, -0.2) is 13.8 Å². The highest BCUT2D eigenvalue weighted by Gasteiger charge is 2.44. The number of nitrogens with one attached hydrogen (secondary N) is 4. The number of hydrazine groups is 1. The van der Waals surface area contributed by atoms with Crippen LogP contribution in [-0.2, 0) is 26.4 Å². The molecule has 0 aromatic heterocycles. The summed E-state index contributed by atoms with van der Waals surface area (Å²) in [5, 5.41) is 97.3. The van der Waals surface area contributed by atoms with E-state index in [1.807, 2.05) is 0 Å². The van der Waals surface area contributed by atoms with Crippen molar-refractivity contribution in [1.82, 2.24) is 31.1 Å². The molecule has 0 aliphatic carbocycles. The lowest BCUT2D eigenvalue weighted by atomic mass is 10.0. The fraction of sp³-hybridized carbons (Fsp3) is 0.649. The van der Waals surface area contributed by atoms with Crippen molar-refractivity contribution < 1.29 is 110 Å². The number of halogens is 7. The van der Waals surface area contributed by atoms with Crippen LogP contribution in [0.1, 0.15) is 41.3 Å². The second-order valence-corrected chi connectivity index (χ2v) is 16.4. The van der Waals surface area contributed by atoms with Crippen LogP contribution in [0.25, 0.3) is 0 Å². The number of hydrogen-bond acceptors (Lipinski definition) is 18. The average molecular weight is 1010 g/mol. The minimum atomic E-state index is -5.07. The minimum absolute atomic E-state index is 0.000195. The van der Waals surface area contributed by atoms with Crippen molar-refractivity contribution in [3.8, 4) is 0 Å². The molecule has 30 heteroatoms. The number of morpholine rings is 1. The minimum Gasteiger partial charge on any atom is -0.394 e. The van der Waals surface area contributed by atoms with Gasteiger partial charge < -0.3 is 86.3 Å². The second-order valence-electron chi connectivity index (χ2n) is 15.0. The van der Waals surface area contributed by atoms with Crippen molar-refractivity contribution in [3.63, 3.8) is 0 Å². The Kier molecular flexibility index (Phi) is 23.8. The van der Waals surface area contributed by atoms with Crippen LogP contribution in [0.4, 0.5) is 35.5 Å². The monoisotopic (exact) mass is 1010 g/mol. The SMILES string of the molecule is CNC[C@H](O)[C@@H](O)[C@H](O)[C@H](O)CO.CNC[C@H](O)[C@@H](O)[C@H](O)[C@H](O)CO.C[C@@H](O[C@H]1OCCN(CC2NC(=O)N(P(=O)(O)O)N2)[C@H]1c1ccc(F)cc1)c1cc(C(F)(F)F)cc(C(F)(F)F)c1. The number of rotatable bonds is 19. The van der Waals surface area contributed by atoms with Crippen molar-refractivity contribution in [2.24, 2.45) is 0 Å². The van der Waals surface area contributed by atoms with Gasteiger partial charge in [0.05, 0.1) is 55.3 Å². The molecular weight excluding hydrogens is 948 g/mol. The molecule has 16 N–H and O–H groups in total. The molecule has 67 heavy (non-hydrogen) atoms. The van der Waals surface area contributed by atoms with Gasteiger partial charge in [-0.1, -0.05) is 12.1 Å². The lowest BCUT2D eigenvalue weighted by Gasteiger charge is -2.42. The summed E-state index contributed by atoms with van der Waals surface area (Å²) in [5.74, 6) is -0.589. The summed E-state index contributed by atoms with van der Waals surface area (Å²) in [6.45, 7) is 0.123. The number of aliphatic hydroxyl groups is 10. The zero-order valence-corrected chi connectivity index (χ0v) is 36.8. The van der Waals surface area contributed by atoms with Gasteiger partial charge in [0.2, 0.25) is 0 Å². The van der Waals surface area contributed by atoms with Gasteiger partial charge in [0.15, 0.2) is 6.29 Å². The summed E-state index contributed by atoms with van der Waals surface area (Å²) in [7, 11) is -1.85. The molecule has 2 heterocycles. The number of nitrogens with zero attached hydrogens (tertiary/aromatic N) is 2. The van der Waals surface area contributed by atoms with Gasteiger partial charge in [-0.3, -0.25) is 4.90 Å². The van der Waals surface area contributed by atoms with Crippen LogP contribution in [0.2, 0.25) is 0 Å². The number of amides is 2. The Bertz CT molecular complexity index is 1780. The molecule has 4 rings (SSSR count). The predicted molar refractivity (Wildman–Crippen MR) is 216 cm³/mol. The Hall–Kier alpha value is -3.27. The number of carbonyl (C=O) groups excluding carboxylic acids is 1. The Labute approximate surface area is 378 Å². The van der Waals surface area contributed by atoms with E-state index in [2.05, 4.69) is 21.4 Å². The second kappa shape index (κ2) is 26.6. The van der Waals surface area contributed by atoms with Gasteiger partial charge in [0.25, 0.3) is 0 Å². The van der Waals surface area contributed by atoms with Crippen molar-refractivity contribution in [3.05, 3.63) is 70.5 Å². The third kappa shape index (κ3) is 18.2. The lowest BCUT2D eigenvalue weighted by molar-refractivity contribution is -0.230. The summed E-state index contributed by atoms with van der Waals surface area (Å²) in [6.07, 6.45) is -25.1.